The zero-order valence-corrected chi connectivity index (χ0v) is 13.3. The highest BCUT2D eigenvalue weighted by Gasteiger charge is 2.32. The van der Waals surface area contributed by atoms with E-state index >= 15 is 0 Å². The van der Waals surface area contributed by atoms with Crippen LogP contribution >= 0.6 is 0 Å². The Hall–Kier alpha value is -1.63. The van der Waals surface area contributed by atoms with Crippen molar-refractivity contribution in [2.75, 3.05) is 19.0 Å². The molecule has 1 aliphatic rings. The SMILES string of the molecule is CCc1nn(C)c(N(C)C2CCC(NC)CC2)c1[N+](=O)[O-]. The number of nitrogens with zero attached hydrogens (tertiary/aromatic N) is 4. The number of aryl methyl sites for hydroxylation is 2. The fourth-order valence-electron chi connectivity index (χ4n) is 3.30. The average Bonchev–Trinajstić information content (AvgIpc) is 2.83. The normalized spacial score (nSPS) is 22.3. The third kappa shape index (κ3) is 3.02. The minimum absolute atomic E-state index is 0.165. The van der Waals surface area contributed by atoms with E-state index in [4.69, 9.17) is 0 Å². The number of nitro groups is 1. The Balaban J connectivity index is 2.25. The maximum atomic E-state index is 11.4. The molecule has 1 aromatic rings. The minimum Gasteiger partial charge on any atom is -0.351 e. The first-order chi connectivity index (χ1) is 9.99. The molecule has 1 fully saturated rings. The fourth-order valence-corrected chi connectivity index (χ4v) is 3.30. The van der Waals surface area contributed by atoms with Crippen molar-refractivity contribution in [1.82, 2.24) is 15.1 Å². The molecule has 0 radical (unpaired) electrons. The van der Waals surface area contributed by atoms with Gasteiger partial charge in [0.25, 0.3) is 0 Å². The lowest BCUT2D eigenvalue weighted by molar-refractivity contribution is -0.384. The zero-order valence-electron chi connectivity index (χ0n) is 13.3. The van der Waals surface area contributed by atoms with E-state index in [1.807, 2.05) is 21.0 Å². The van der Waals surface area contributed by atoms with Gasteiger partial charge in [0.05, 0.1) is 4.92 Å². The van der Waals surface area contributed by atoms with Crippen LogP contribution in [0.3, 0.4) is 0 Å². The summed E-state index contributed by atoms with van der Waals surface area (Å²) >= 11 is 0. The molecule has 1 aromatic heterocycles. The van der Waals surface area contributed by atoms with Gasteiger partial charge < -0.3 is 10.2 Å². The third-order valence-electron chi connectivity index (χ3n) is 4.57. The smallest absolute Gasteiger partial charge is 0.334 e. The molecule has 2 rings (SSSR count). The van der Waals surface area contributed by atoms with Gasteiger partial charge in [0.2, 0.25) is 5.82 Å². The molecule has 1 N–H and O–H groups in total. The molecule has 0 unspecified atom stereocenters. The van der Waals surface area contributed by atoms with Crippen LogP contribution < -0.4 is 10.2 Å². The summed E-state index contributed by atoms with van der Waals surface area (Å²) in [6.07, 6.45) is 4.89. The minimum atomic E-state index is -0.295. The summed E-state index contributed by atoms with van der Waals surface area (Å²) in [6.45, 7) is 1.90. The molecule has 0 bridgehead atoms. The Morgan fingerprint density at radius 2 is 2.05 bits per heavy atom. The van der Waals surface area contributed by atoms with Crippen LogP contribution in [0.4, 0.5) is 11.5 Å². The van der Waals surface area contributed by atoms with Crippen LogP contribution in [0, 0.1) is 10.1 Å². The molecular formula is C14H25N5O2. The maximum absolute atomic E-state index is 11.4. The van der Waals surface area contributed by atoms with Crippen molar-refractivity contribution in [2.24, 2.45) is 7.05 Å². The Morgan fingerprint density at radius 1 is 1.43 bits per heavy atom. The molecule has 0 aromatic carbocycles. The van der Waals surface area contributed by atoms with E-state index < -0.39 is 0 Å². The summed E-state index contributed by atoms with van der Waals surface area (Å²) < 4.78 is 1.65. The van der Waals surface area contributed by atoms with Gasteiger partial charge in [-0.3, -0.25) is 10.1 Å². The lowest BCUT2D eigenvalue weighted by Gasteiger charge is -2.35. The summed E-state index contributed by atoms with van der Waals surface area (Å²) in [5.74, 6) is 0.629. The van der Waals surface area contributed by atoms with Crippen molar-refractivity contribution >= 4 is 11.5 Å². The first-order valence-corrected chi connectivity index (χ1v) is 7.59. The molecule has 1 aliphatic carbocycles. The number of aromatic nitrogens is 2. The largest absolute Gasteiger partial charge is 0.351 e. The predicted octanol–water partition coefficient (Wildman–Crippen LogP) is 1.86. The lowest BCUT2D eigenvalue weighted by Crippen LogP contribution is -2.40. The van der Waals surface area contributed by atoms with Crippen LogP contribution in [0.1, 0.15) is 38.3 Å². The molecule has 0 saturated heterocycles. The van der Waals surface area contributed by atoms with Crippen molar-refractivity contribution in [2.45, 2.75) is 51.1 Å². The standard InChI is InChI=1S/C14H25N5O2/c1-5-12-13(19(20)21)14(18(4)16-12)17(3)11-8-6-10(15-2)7-9-11/h10-11,15H,5-9H2,1-4H3. The van der Waals surface area contributed by atoms with E-state index in [0.29, 0.717) is 30.0 Å². The van der Waals surface area contributed by atoms with Gasteiger partial charge in [-0.25, -0.2) is 4.68 Å². The second kappa shape index (κ2) is 6.43. The molecule has 7 heteroatoms. The van der Waals surface area contributed by atoms with Crippen LogP contribution in [0.2, 0.25) is 0 Å². The number of nitrogens with one attached hydrogen (secondary N) is 1. The van der Waals surface area contributed by atoms with Gasteiger partial charge in [0, 0.05) is 26.2 Å². The van der Waals surface area contributed by atoms with E-state index in [-0.39, 0.29) is 10.6 Å². The van der Waals surface area contributed by atoms with Gasteiger partial charge in [-0.15, -0.1) is 0 Å². The van der Waals surface area contributed by atoms with Crippen LogP contribution in [-0.2, 0) is 13.5 Å². The van der Waals surface area contributed by atoms with Crippen molar-refractivity contribution in [1.29, 1.82) is 0 Å². The quantitative estimate of drug-likeness (QED) is 0.663. The number of hydrogen-bond acceptors (Lipinski definition) is 5. The number of rotatable bonds is 5. The Kier molecular flexibility index (Phi) is 4.82. The molecule has 0 atom stereocenters. The molecule has 21 heavy (non-hydrogen) atoms. The lowest BCUT2D eigenvalue weighted by atomic mass is 9.90. The van der Waals surface area contributed by atoms with Gasteiger partial charge in [0.15, 0.2) is 0 Å². The molecular weight excluding hydrogens is 270 g/mol. The Morgan fingerprint density at radius 3 is 2.52 bits per heavy atom. The highest BCUT2D eigenvalue weighted by Crippen LogP contribution is 2.34. The summed E-state index contributed by atoms with van der Waals surface area (Å²) in [4.78, 5) is 13.2. The van der Waals surface area contributed by atoms with Crippen LogP contribution in [-0.4, -0.2) is 40.9 Å². The molecule has 0 amide bonds. The number of anilines is 1. The van der Waals surface area contributed by atoms with E-state index in [0.717, 1.165) is 25.7 Å². The van der Waals surface area contributed by atoms with Gasteiger partial charge in [-0.1, -0.05) is 6.92 Å². The van der Waals surface area contributed by atoms with E-state index in [9.17, 15) is 10.1 Å². The highest BCUT2D eigenvalue weighted by atomic mass is 16.6. The second-order valence-electron chi connectivity index (χ2n) is 5.76. The van der Waals surface area contributed by atoms with Gasteiger partial charge in [0.1, 0.15) is 5.69 Å². The van der Waals surface area contributed by atoms with Crippen LogP contribution in [0.25, 0.3) is 0 Å². The summed E-state index contributed by atoms with van der Waals surface area (Å²) in [5.41, 5.74) is 0.728. The first kappa shape index (κ1) is 15.8. The summed E-state index contributed by atoms with van der Waals surface area (Å²) in [7, 11) is 5.74. The summed E-state index contributed by atoms with van der Waals surface area (Å²) in [6, 6.07) is 0.913. The first-order valence-electron chi connectivity index (χ1n) is 7.59. The highest BCUT2D eigenvalue weighted by molar-refractivity contribution is 5.61. The van der Waals surface area contributed by atoms with Crippen molar-refractivity contribution < 1.29 is 4.92 Å². The third-order valence-corrected chi connectivity index (χ3v) is 4.57. The molecule has 0 aliphatic heterocycles. The molecule has 1 heterocycles. The Bertz CT molecular complexity index is 506. The van der Waals surface area contributed by atoms with Gasteiger partial charge in [-0.05, 0) is 39.2 Å². The molecule has 0 spiro atoms. The topological polar surface area (TPSA) is 76.2 Å². The fraction of sp³-hybridized carbons (Fsp3) is 0.786. The average molecular weight is 295 g/mol. The Labute approximate surface area is 125 Å². The van der Waals surface area contributed by atoms with Crippen molar-refractivity contribution in [3.8, 4) is 0 Å². The maximum Gasteiger partial charge on any atom is 0.334 e. The van der Waals surface area contributed by atoms with E-state index in [1.54, 1.807) is 11.7 Å². The van der Waals surface area contributed by atoms with Gasteiger partial charge in [-0.2, -0.15) is 5.10 Å². The van der Waals surface area contributed by atoms with E-state index in [2.05, 4.69) is 15.3 Å². The number of hydrogen-bond donors (Lipinski definition) is 1. The van der Waals surface area contributed by atoms with Crippen LogP contribution in [0.5, 0.6) is 0 Å². The predicted molar refractivity (Wildman–Crippen MR) is 82.7 cm³/mol. The monoisotopic (exact) mass is 295 g/mol. The molecule has 7 nitrogen and oxygen atoms in total. The van der Waals surface area contributed by atoms with Crippen molar-refractivity contribution in [3.05, 3.63) is 15.8 Å². The van der Waals surface area contributed by atoms with Crippen molar-refractivity contribution in [3.63, 3.8) is 0 Å². The molecule has 118 valence electrons. The summed E-state index contributed by atoms with van der Waals surface area (Å²) in [5, 5.41) is 19.0. The van der Waals surface area contributed by atoms with Crippen LogP contribution in [0.15, 0.2) is 0 Å². The van der Waals surface area contributed by atoms with E-state index in [1.165, 1.54) is 0 Å². The zero-order chi connectivity index (χ0) is 15.6. The second-order valence-corrected chi connectivity index (χ2v) is 5.76. The molecule has 1 saturated carbocycles. The van der Waals surface area contributed by atoms with Gasteiger partial charge >= 0.3 is 5.69 Å².